The van der Waals surface area contributed by atoms with Crippen LogP contribution in [0.15, 0.2) is 36.8 Å². The van der Waals surface area contributed by atoms with Crippen LogP contribution in [0, 0.1) is 12.7 Å². The molecule has 0 spiro atoms. The molecule has 0 radical (unpaired) electrons. The van der Waals surface area contributed by atoms with Crippen molar-refractivity contribution >= 4 is 22.1 Å². The first-order valence-corrected chi connectivity index (χ1v) is 7.14. The van der Waals surface area contributed by atoms with Crippen molar-refractivity contribution < 1.29 is 4.39 Å². The number of aryl methyl sites for hydroxylation is 2. The fourth-order valence-electron chi connectivity index (χ4n) is 2.87. The monoisotopic (exact) mass is 294 g/mol. The van der Waals surface area contributed by atoms with Crippen LogP contribution in [0.2, 0.25) is 0 Å². The van der Waals surface area contributed by atoms with Gasteiger partial charge in [0.25, 0.3) is 0 Å². The fraction of sp³-hybridized carbons (Fsp3) is 0.176. The number of nitrogens with zero attached hydrogens (tertiary/aromatic N) is 3. The van der Waals surface area contributed by atoms with Crippen LogP contribution in [0.25, 0.3) is 22.1 Å². The molecule has 1 N–H and O–H groups in total. The molecular weight excluding hydrogens is 279 g/mol. The van der Waals surface area contributed by atoms with Crippen LogP contribution >= 0.6 is 0 Å². The molecule has 0 aliphatic heterocycles. The van der Waals surface area contributed by atoms with Crippen molar-refractivity contribution in [1.82, 2.24) is 19.5 Å². The van der Waals surface area contributed by atoms with Crippen LogP contribution in [0.5, 0.6) is 0 Å². The highest BCUT2D eigenvalue weighted by atomic mass is 19.1. The van der Waals surface area contributed by atoms with Crippen molar-refractivity contribution in [3.8, 4) is 0 Å². The number of pyridine rings is 2. The van der Waals surface area contributed by atoms with Gasteiger partial charge in [-0.2, -0.15) is 0 Å². The number of rotatable bonds is 2. The first-order valence-electron chi connectivity index (χ1n) is 7.14. The van der Waals surface area contributed by atoms with Gasteiger partial charge in [-0.1, -0.05) is 0 Å². The second-order valence-electron chi connectivity index (χ2n) is 5.67. The normalized spacial score (nSPS) is 11.6. The SMILES string of the molecule is Cc1cnc2c(c1)cc(Cc1cnc3[nH]cc(F)c3c1)n2C. The number of fused-ring (bicyclic) bond motifs is 2. The largest absolute Gasteiger partial charge is 0.343 e. The highest BCUT2D eigenvalue weighted by molar-refractivity contribution is 5.79. The van der Waals surface area contributed by atoms with E-state index in [9.17, 15) is 4.39 Å². The van der Waals surface area contributed by atoms with Crippen molar-refractivity contribution in [2.24, 2.45) is 7.05 Å². The number of H-pyrrole nitrogens is 1. The third-order valence-electron chi connectivity index (χ3n) is 4.02. The molecule has 4 aromatic rings. The molecule has 0 saturated carbocycles. The van der Waals surface area contributed by atoms with Gasteiger partial charge in [0.1, 0.15) is 17.1 Å². The molecule has 0 fully saturated rings. The van der Waals surface area contributed by atoms with Crippen molar-refractivity contribution in [3.63, 3.8) is 0 Å². The summed E-state index contributed by atoms with van der Waals surface area (Å²) in [5.74, 6) is -0.265. The minimum Gasteiger partial charge on any atom is -0.343 e. The Labute approximate surface area is 126 Å². The van der Waals surface area contributed by atoms with E-state index in [0.29, 0.717) is 17.5 Å². The molecule has 0 aliphatic rings. The number of hydrogen-bond acceptors (Lipinski definition) is 2. The summed E-state index contributed by atoms with van der Waals surface area (Å²) in [7, 11) is 2.00. The van der Waals surface area contributed by atoms with E-state index in [0.717, 1.165) is 27.9 Å². The second-order valence-corrected chi connectivity index (χ2v) is 5.67. The van der Waals surface area contributed by atoms with Crippen LogP contribution in [0.1, 0.15) is 16.8 Å². The number of aromatic amines is 1. The Hall–Kier alpha value is -2.69. The minimum absolute atomic E-state index is 0.265. The fourth-order valence-corrected chi connectivity index (χ4v) is 2.87. The van der Waals surface area contributed by atoms with E-state index >= 15 is 0 Å². The number of hydrogen-bond donors (Lipinski definition) is 1. The first kappa shape index (κ1) is 13.0. The molecule has 4 rings (SSSR count). The van der Waals surface area contributed by atoms with Gasteiger partial charge in [-0.25, -0.2) is 14.4 Å². The zero-order valence-corrected chi connectivity index (χ0v) is 12.4. The highest BCUT2D eigenvalue weighted by Gasteiger charge is 2.10. The molecule has 4 heterocycles. The van der Waals surface area contributed by atoms with Crippen molar-refractivity contribution in [2.75, 3.05) is 0 Å². The van der Waals surface area contributed by atoms with E-state index in [1.807, 2.05) is 26.2 Å². The zero-order valence-electron chi connectivity index (χ0n) is 12.4. The lowest BCUT2D eigenvalue weighted by Gasteiger charge is -2.04. The standard InChI is InChI=1S/C17H15FN4/c1-10-3-12-6-13(22(2)17(12)21-7-10)4-11-5-14-15(18)9-20-16(14)19-8-11/h3,5-9H,4H2,1-2H3,(H,19,20). The topological polar surface area (TPSA) is 46.5 Å². The maximum absolute atomic E-state index is 13.7. The zero-order chi connectivity index (χ0) is 15.3. The molecule has 0 aliphatic carbocycles. The lowest BCUT2D eigenvalue weighted by molar-refractivity contribution is 0.639. The van der Waals surface area contributed by atoms with E-state index in [-0.39, 0.29) is 5.82 Å². The Kier molecular flexibility index (Phi) is 2.76. The van der Waals surface area contributed by atoms with Gasteiger partial charge in [0.15, 0.2) is 0 Å². The summed E-state index contributed by atoms with van der Waals surface area (Å²) in [5.41, 5.74) is 4.79. The van der Waals surface area contributed by atoms with Gasteiger partial charge in [-0.15, -0.1) is 0 Å². The third-order valence-corrected chi connectivity index (χ3v) is 4.02. The molecule has 4 nitrogen and oxygen atoms in total. The predicted molar refractivity (Wildman–Crippen MR) is 84.3 cm³/mol. The Morgan fingerprint density at radius 2 is 2.05 bits per heavy atom. The summed E-state index contributed by atoms with van der Waals surface area (Å²) in [6, 6.07) is 6.11. The lowest BCUT2D eigenvalue weighted by atomic mass is 10.1. The van der Waals surface area contributed by atoms with Gasteiger partial charge in [0.2, 0.25) is 0 Å². The van der Waals surface area contributed by atoms with Gasteiger partial charge >= 0.3 is 0 Å². The van der Waals surface area contributed by atoms with E-state index in [1.54, 1.807) is 6.20 Å². The maximum Gasteiger partial charge on any atom is 0.150 e. The summed E-state index contributed by atoms with van der Waals surface area (Å²) in [4.78, 5) is 11.6. The van der Waals surface area contributed by atoms with Gasteiger partial charge < -0.3 is 9.55 Å². The molecule has 0 aromatic carbocycles. The third kappa shape index (κ3) is 1.97. The summed E-state index contributed by atoms with van der Waals surface area (Å²) in [6.45, 7) is 2.03. The van der Waals surface area contributed by atoms with Crippen molar-refractivity contribution in [2.45, 2.75) is 13.3 Å². The second kappa shape index (κ2) is 4.66. The molecule has 110 valence electrons. The molecule has 0 amide bonds. The Morgan fingerprint density at radius 3 is 2.91 bits per heavy atom. The maximum atomic E-state index is 13.7. The molecule has 0 saturated heterocycles. The summed E-state index contributed by atoms with van der Waals surface area (Å²) >= 11 is 0. The van der Waals surface area contributed by atoms with E-state index in [4.69, 9.17) is 0 Å². The first-order chi connectivity index (χ1) is 10.6. The molecule has 5 heteroatoms. The molecule has 0 unspecified atom stereocenters. The summed E-state index contributed by atoms with van der Waals surface area (Å²) in [5, 5.41) is 1.66. The van der Waals surface area contributed by atoms with E-state index in [2.05, 4.69) is 31.7 Å². The number of aromatic nitrogens is 4. The molecular formula is C17H15FN4. The Balaban J connectivity index is 1.78. The van der Waals surface area contributed by atoms with Crippen LogP contribution in [-0.2, 0) is 13.5 Å². The number of halogens is 1. The van der Waals surface area contributed by atoms with Crippen LogP contribution in [0.4, 0.5) is 4.39 Å². The molecule has 22 heavy (non-hydrogen) atoms. The van der Waals surface area contributed by atoms with Crippen molar-refractivity contribution in [3.05, 3.63) is 59.4 Å². The van der Waals surface area contributed by atoms with Crippen LogP contribution in [0.3, 0.4) is 0 Å². The van der Waals surface area contributed by atoms with Gasteiger partial charge in [-0.05, 0) is 36.2 Å². The van der Waals surface area contributed by atoms with E-state index in [1.165, 1.54) is 6.20 Å². The average Bonchev–Trinajstić information content (AvgIpc) is 3.01. The van der Waals surface area contributed by atoms with Gasteiger partial charge in [0, 0.05) is 43.1 Å². The average molecular weight is 294 g/mol. The number of nitrogens with one attached hydrogen (secondary N) is 1. The molecule has 0 bridgehead atoms. The lowest BCUT2D eigenvalue weighted by Crippen LogP contribution is -1.99. The molecule has 4 aromatic heterocycles. The minimum atomic E-state index is -0.265. The Bertz CT molecular complexity index is 997. The van der Waals surface area contributed by atoms with E-state index < -0.39 is 0 Å². The summed E-state index contributed by atoms with van der Waals surface area (Å²) < 4.78 is 15.7. The molecule has 0 atom stereocenters. The predicted octanol–water partition coefficient (Wildman–Crippen LogP) is 3.49. The highest BCUT2D eigenvalue weighted by Crippen LogP contribution is 2.22. The van der Waals surface area contributed by atoms with Crippen LogP contribution in [-0.4, -0.2) is 19.5 Å². The smallest absolute Gasteiger partial charge is 0.150 e. The van der Waals surface area contributed by atoms with Crippen LogP contribution < -0.4 is 0 Å². The quantitative estimate of drug-likeness (QED) is 0.615. The van der Waals surface area contributed by atoms with Gasteiger partial charge in [0.05, 0.1) is 5.39 Å². The Morgan fingerprint density at radius 1 is 1.18 bits per heavy atom. The van der Waals surface area contributed by atoms with Crippen molar-refractivity contribution in [1.29, 1.82) is 0 Å². The summed E-state index contributed by atoms with van der Waals surface area (Å²) in [6.07, 6.45) is 5.69. The van der Waals surface area contributed by atoms with Gasteiger partial charge in [-0.3, -0.25) is 0 Å².